The number of aliphatic hydroxyl groups is 1. The number of aliphatic hydroxyl groups excluding tert-OH is 1. The monoisotopic (exact) mass is 245 g/mol. The minimum atomic E-state index is -0.173. The third-order valence-electron chi connectivity index (χ3n) is 3.17. The number of nitrogens with zero attached hydrogens (tertiary/aromatic N) is 5. The van der Waals surface area contributed by atoms with Crippen LogP contribution in [-0.4, -0.2) is 44.0 Å². The molecule has 6 heteroatoms. The van der Waals surface area contributed by atoms with Gasteiger partial charge in [-0.05, 0) is 18.9 Å². The first kappa shape index (κ1) is 11.2. The van der Waals surface area contributed by atoms with Crippen molar-refractivity contribution in [3.8, 4) is 5.82 Å². The number of hydrogen-bond donors (Lipinski definition) is 1. The van der Waals surface area contributed by atoms with E-state index in [9.17, 15) is 5.11 Å². The Morgan fingerprint density at radius 3 is 2.67 bits per heavy atom. The SMILES string of the molecule is OC1CCN(c2cc(-n3cccn3)ncn2)CC1. The van der Waals surface area contributed by atoms with Gasteiger partial charge >= 0.3 is 0 Å². The van der Waals surface area contributed by atoms with E-state index in [1.54, 1.807) is 17.2 Å². The highest BCUT2D eigenvalue weighted by molar-refractivity contribution is 5.43. The van der Waals surface area contributed by atoms with Crippen LogP contribution in [0.4, 0.5) is 5.82 Å². The first-order chi connectivity index (χ1) is 8.83. The highest BCUT2D eigenvalue weighted by atomic mass is 16.3. The third-order valence-corrected chi connectivity index (χ3v) is 3.17. The molecule has 0 spiro atoms. The van der Waals surface area contributed by atoms with Crippen molar-refractivity contribution in [3.05, 3.63) is 30.9 Å². The molecule has 1 fully saturated rings. The minimum absolute atomic E-state index is 0.173. The smallest absolute Gasteiger partial charge is 0.158 e. The Kier molecular flexibility index (Phi) is 2.93. The molecule has 2 aromatic heterocycles. The Morgan fingerprint density at radius 1 is 1.17 bits per heavy atom. The summed E-state index contributed by atoms with van der Waals surface area (Å²) in [7, 11) is 0. The van der Waals surface area contributed by atoms with E-state index in [-0.39, 0.29) is 6.10 Å². The summed E-state index contributed by atoms with van der Waals surface area (Å²) in [6.07, 6.45) is 6.54. The topological polar surface area (TPSA) is 67.1 Å². The van der Waals surface area contributed by atoms with Crippen LogP contribution in [-0.2, 0) is 0 Å². The highest BCUT2D eigenvalue weighted by Gasteiger charge is 2.18. The van der Waals surface area contributed by atoms with Gasteiger partial charge in [-0.3, -0.25) is 0 Å². The molecule has 94 valence electrons. The van der Waals surface area contributed by atoms with Crippen molar-refractivity contribution in [2.24, 2.45) is 0 Å². The Hall–Kier alpha value is -1.95. The van der Waals surface area contributed by atoms with Crippen LogP contribution in [0.15, 0.2) is 30.9 Å². The average Bonchev–Trinajstić information content (AvgIpc) is 2.94. The van der Waals surface area contributed by atoms with Crippen LogP contribution in [0.5, 0.6) is 0 Å². The van der Waals surface area contributed by atoms with Crippen molar-refractivity contribution in [1.29, 1.82) is 0 Å². The lowest BCUT2D eigenvalue weighted by molar-refractivity contribution is 0.145. The number of hydrogen-bond acceptors (Lipinski definition) is 5. The first-order valence-corrected chi connectivity index (χ1v) is 6.08. The molecule has 1 aliphatic heterocycles. The molecule has 2 aromatic rings. The summed E-state index contributed by atoms with van der Waals surface area (Å²) in [5.74, 6) is 1.65. The van der Waals surface area contributed by atoms with E-state index < -0.39 is 0 Å². The minimum Gasteiger partial charge on any atom is -0.393 e. The molecular formula is C12H15N5O. The van der Waals surface area contributed by atoms with E-state index in [0.29, 0.717) is 0 Å². The van der Waals surface area contributed by atoms with Gasteiger partial charge in [0, 0.05) is 31.5 Å². The van der Waals surface area contributed by atoms with Crippen LogP contribution >= 0.6 is 0 Å². The molecule has 0 aliphatic carbocycles. The molecule has 1 saturated heterocycles. The van der Waals surface area contributed by atoms with E-state index >= 15 is 0 Å². The molecule has 0 radical (unpaired) electrons. The lowest BCUT2D eigenvalue weighted by Crippen LogP contribution is -2.36. The van der Waals surface area contributed by atoms with Crippen LogP contribution in [0.2, 0.25) is 0 Å². The second-order valence-corrected chi connectivity index (χ2v) is 4.40. The van der Waals surface area contributed by atoms with Crippen molar-refractivity contribution in [2.75, 3.05) is 18.0 Å². The summed E-state index contributed by atoms with van der Waals surface area (Å²) >= 11 is 0. The van der Waals surface area contributed by atoms with Crippen LogP contribution < -0.4 is 4.90 Å². The van der Waals surface area contributed by atoms with Gasteiger partial charge < -0.3 is 10.0 Å². The van der Waals surface area contributed by atoms with Gasteiger partial charge in [-0.2, -0.15) is 5.10 Å². The molecule has 0 amide bonds. The Balaban J connectivity index is 1.83. The third kappa shape index (κ3) is 2.19. The summed E-state index contributed by atoms with van der Waals surface area (Å²) < 4.78 is 1.71. The van der Waals surface area contributed by atoms with E-state index in [1.165, 1.54) is 0 Å². The van der Waals surface area contributed by atoms with Crippen molar-refractivity contribution in [1.82, 2.24) is 19.7 Å². The van der Waals surface area contributed by atoms with Crippen LogP contribution in [0.1, 0.15) is 12.8 Å². The quantitative estimate of drug-likeness (QED) is 0.840. The van der Waals surface area contributed by atoms with Crippen molar-refractivity contribution < 1.29 is 5.11 Å². The molecule has 18 heavy (non-hydrogen) atoms. The maximum atomic E-state index is 9.51. The Morgan fingerprint density at radius 2 is 1.94 bits per heavy atom. The number of rotatable bonds is 2. The molecule has 0 aromatic carbocycles. The lowest BCUT2D eigenvalue weighted by atomic mass is 10.1. The second kappa shape index (κ2) is 4.73. The first-order valence-electron chi connectivity index (χ1n) is 6.08. The molecule has 0 unspecified atom stereocenters. The molecule has 0 saturated carbocycles. The second-order valence-electron chi connectivity index (χ2n) is 4.40. The molecule has 1 aliphatic rings. The summed E-state index contributed by atoms with van der Waals surface area (Å²) in [6, 6.07) is 3.78. The fourth-order valence-electron chi connectivity index (χ4n) is 2.13. The number of anilines is 1. The lowest BCUT2D eigenvalue weighted by Gasteiger charge is -2.30. The normalized spacial score (nSPS) is 17.1. The zero-order valence-electron chi connectivity index (χ0n) is 9.98. The molecule has 0 bridgehead atoms. The van der Waals surface area contributed by atoms with Crippen LogP contribution in [0.3, 0.4) is 0 Å². The van der Waals surface area contributed by atoms with Crippen molar-refractivity contribution in [3.63, 3.8) is 0 Å². The molecule has 3 rings (SSSR count). The molecular weight excluding hydrogens is 230 g/mol. The van der Waals surface area contributed by atoms with Gasteiger partial charge in [0.15, 0.2) is 5.82 Å². The average molecular weight is 245 g/mol. The summed E-state index contributed by atoms with van der Waals surface area (Å²) in [4.78, 5) is 10.7. The van der Waals surface area contributed by atoms with E-state index in [2.05, 4.69) is 20.0 Å². The molecule has 0 atom stereocenters. The molecule has 6 nitrogen and oxygen atoms in total. The Bertz CT molecular complexity index is 505. The largest absolute Gasteiger partial charge is 0.393 e. The maximum absolute atomic E-state index is 9.51. The predicted molar refractivity (Wildman–Crippen MR) is 66.6 cm³/mol. The zero-order valence-corrected chi connectivity index (χ0v) is 9.98. The predicted octanol–water partition coefficient (Wildman–Crippen LogP) is 0.623. The number of aromatic nitrogens is 4. The van der Waals surface area contributed by atoms with Gasteiger partial charge in [-0.15, -0.1) is 0 Å². The van der Waals surface area contributed by atoms with Gasteiger partial charge in [0.25, 0.3) is 0 Å². The van der Waals surface area contributed by atoms with Crippen LogP contribution in [0.25, 0.3) is 5.82 Å². The van der Waals surface area contributed by atoms with E-state index in [0.717, 1.165) is 37.6 Å². The Labute approximate surface area is 105 Å². The highest BCUT2D eigenvalue weighted by Crippen LogP contribution is 2.18. The fourth-order valence-corrected chi connectivity index (χ4v) is 2.13. The standard InChI is InChI=1S/C12H15N5O/c18-10-2-6-16(7-3-10)11-8-12(14-9-13-11)17-5-1-4-15-17/h1,4-5,8-10,18H,2-3,6-7H2. The van der Waals surface area contributed by atoms with Crippen molar-refractivity contribution >= 4 is 5.82 Å². The van der Waals surface area contributed by atoms with Crippen LogP contribution in [0, 0.1) is 0 Å². The summed E-state index contributed by atoms with van der Waals surface area (Å²) in [5, 5.41) is 13.7. The molecule has 1 N–H and O–H groups in total. The number of piperidine rings is 1. The van der Waals surface area contributed by atoms with Crippen molar-refractivity contribution in [2.45, 2.75) is 18.9 Å². The van der Waals surface area contributed by atoms with Gasteiger partial charge in [-0.1, -0.05) is 0 Å². The van der Waals surface area contributed by atoms with Gasteiger partial charge in [0.1, 0.15) is 12.1 Å². The zero-order chi connectivity index (χ0) is 12.4. The van der Waals surface area contributed by atoms with Gasteiger partial charge in [0.2, 0.25) is 0 Å². The van der Waals surface area contributed by atoms with E-state index in [1.807, 2.05) is 18.3 Å². The van der Waals surface area contributed by atoms with Gasteiger partial charge in [-0.25, -0.2) is 14.6 Å². The summed E-state index contributed by atoms with van der Waals surface area (Å²) in [6.45, 7) is 1.66. The van der Waals surface area contributed by atoms with Gasteiger partial charge in [0.05, 0.1) is 6.10 Å². The maximum Gasteiger partial charge on any atom is 0.158 e. The summed E-state index contributed by atoms with van der Waals surface area (Å²) in [5.41, 5.74) is 0. The fraction of sp³-hybridized carbons (Fsp3) is 0.417. The molecule has 3 heterocycles. The van der Waals surface area contributed by atoms with E-state index in [4.69, 9.17) is 0 Å².